The first-order chi connectivity index (χ1) is 8.70. The Labute approximate surface area is 109 Å². The summed E-state index contributed by atoms with van der Waals surface area (Å²) in [6.07, 6.45) is 5.11. The summed E-state index contributed by atoms with van der Waals surface area (Å²) in [6.45, 7) is 7.28. The van der Waals surface area contributed by atoms with Gasteiger partial charge in [-0.05, 0) is 32.2 Å². The van der Waals surface area contributed by atoms with Crippen molar-refractivity contribution < 1.29 is 4.42 Å². The van der Waals surface area contributed by atoms with Crippen LogP contribution in [0.3, 0.4) is 0 Å². The van der Waals surface area contributed by atoms with Gasteiger partial charge in [-0.15, -0.1) is 5.10 Å². The fourth-order valence-electron chi connectivity index (χ4n) is 2.55. The van der Waals surface area contributed by atoms with Gasteiger partial charge in [0.15, 0.2) is 0 Å². The number of nitrogens with zero attached hydrogens (tertiary/aromatic N) is 2. The van der Waals surface area contributed by atoms with Crippen molar-refractivity contribution in [2.45, 2.75) is 58.5 Å². The zero-order valence-electron chi connectivity index (χ0n) is 11.6. The number of hydrogen-bond acceptors (Lipinski definition) is 5. The lowest BCUT2D eigenvalue weighted by atomic mass is 9.86. The van der Waals surface area contributed by atoms with Crippen LogP contribution in [0.15, 0.2) is 4.42 Å². The average Bonchev–Trinajstić information content (AvgIpc) is 2.81. The number of anilines is 1. The van der Waals surface area contributed by atoms with Crippen molar-refractivity contribution in [1.29, 1.82) is 0 Å². The third kappa shape index (κ3) is 3.22. The topological polar surface area (TPSA) is 63.0 Å². The molecule has 2 N–H and O–H groups in total. The fraction of sp³-hybridized carbons (Fsp3) is 0.846. The molecule has 18 heavy (non-hydrogen) atoms. The van der Waals surface area contributed by atoms with Gasteiger partial charge in [0.2, 0.25) is 5.89 Å². The zero-order valence-corrected chi connectivity index (χ0v) is 11.6. The Hall–Kier alpha value is -1.10. The van der Waals surface area contributed by atoms with Crippen molar-refractivity contribution in [3.05, 3.63) is 5.89 Å². The van der Waals surface area contributed by atoms with E-state index in [9.17, 15) is 0 Å². The van der Waals surface area contributed by atoms with E-state index in [1.54, 1.807) is 0 Å². The summed E-state index contributed by atoms with van der Waals surface area (Å²) in [5, 5.41) is 14.8. The predicted molar refractivity (Wildman–Crippen MR) is 71.4 cm³/mol. The summed E-state index contributed by atoms with van der Waals surface area (Å²) >= 11 is 0. The molecule has 0 amide bonds. The van der Waals surface area contributed by atoms with E-state index in [1.807, 2.05) is 6.92 Å². The van der Waals surface area contributed by atoms with Gasteiger partial charge >= 0.3 is 6.01 Å². The Morgan fingerprint density at radius 1 is 1.33 bits per heavy atom. The lowest BCUT2D eigenvalue weighted by Gasteiger charge is -2.28. The van der Waals surface area contributed by atoms with E-state index in [-0.39, 0.29) is 6.04 Å². The molecule has 0 saturated heterocycles. The molecule has 5 nitrogen and oxygen atoms in total. The second-order valence-corrected chi connectivity index (χ2v) is 5.24. The first kappa shape index (κ1) is 13.3. The van der Waals surface area contributed by atoms with Crippen molar-refractivity contribution in [1.82, 2.24) is 15.5 Å². The van der Waals surface area contributed by atoms with E-state index >= 15 is 0 Å². The molecule has 1 fully saturated rings. The van der Waals surface area contributed by atoms with E-state index in [4.69, 9.17) is 4.42 Å². The number of rotatable bonds is 5. The highest BCUT2D eigenvalue weighted by atomic mass is 16.4. The van der Waals surface area contributed by atoms with E-state index < -0.39 is 0 Å². The molecule has 0 aromatic carbocycles. The van der Waals surface area contributed by atoms with Crippen molar-refractivity contribution in [3.8, 4) is 0 Å². The highest BCUT2D eigenvalue weighted by molar-refractivity contribution is 5.20. The maximum Gasteiger partial charge on any atom is 0.315 e. The van der Waals surface area contributed by atoms with Crippen molar-refractivity contribution >= 4 is 6.01 Å². The van der Waals surface area contributed by atoms with E-state index in [0.29, 0.717) is 23.9 Å². The standard InChI is InChI=1S/C13H24N4O/c1-4-14-10(3)12-16-17-13(18-12)15-11-8-6-5-7-9(11)2/h9-11,14H,4-8H2,1-3H3,(H,15,17). The van der Waals surface area contributed by atoms with Gasteiger partial charge < -0.3 is 15.1 Å². The lowest BCUT2D eigenvalue weighted by Crippen LogP contribution is -2.30. The second kappa shape index (κ2) is 6.18. The molecule has 5 heteroatoms. The fourth-order valence-corrected chi connectivity index (χ4v) is 2.55. The molecular weight excluding hydrogens is 228 g/mol. The Morgan fingerprint density at radius 3 is 2.83 bits per heavy atom. The summed E-state index contributed by atoms with van der Waals surface area (Å²) in [7, 11) is 0. The molecule has 0 spiro atoms. The molecule has 1 aromatic rings. The van der Waals surface area contributed by atoms with Crippen LogP contribution in [-0.4, -0.2) is 22.8 Å². The largest absolute Gasteiger partial charge is 0.406 e. The molecule has 0 aliphatic heterocycles. The number of aromatic nitrogens is 2. The van der Waals surface area contributed by atoms with Gasteiger partial charge in [-0.2, -0.15) is 0 Å². The third-order valence-corrected chi connectivity index (χ3v) is 3.74. The van der Waals surface area contributed by atoms with Gasteiger partial charge in [0.05, 0.1) is 6.04 Å². The molecule has 0 radical (unpaired) electrons. The van der Waals surface area contributed by atoms with Crippen LogP contribution in [0.2, 0.25) is 0 Å². The van der Waals surface area contributed by atoms with Gasteiger partial charge in [0.1, 0.15) is 0 Å². The van der Waals surface area contributed by atoms with E-state index in [1.165, 1.54) is 25.7 Å². The van der Waals surface area contributed by atoms with E-state index in [2.05, 4.69) is 34.7 Å². The van der Waals surface area contributed by atoms with Crippen LogP contribution in [0.5, 0.6) is 0 Å². The molecule has 1 saturated carbocycles. The minimum Gasteiger partial charge on any atom is -0.406 e. The summed E-state index contributed by atoms with van der Waals surface area (Å²) in [5.74, 6) is 1.34. The highest BCUT2D eigenvalue weighted by Crippen LogP contribution is 2.26. The van der Waals surface area contributed by atoms with Gasteiger partial charge in [0, 0.05) is 6.04 Å². The van der Waals surface area contributed by atoms with Crippen LogP contribution in [0.1, 0.15) is 58.4 Å². The summed E-state index contributed by atoms with van der Waals surface area (Å²) < 4.78 is 5.65. The molecule has 1 aromatic heterocycles. The SMILES string of the molecule is CCNC(C)c1nnc(NC2CCCCC2C)o1. The summed E-state index contributed by atoms with van der Waals surface area (Å²) in [6, 6.07) is 1.15. The maximum absolute atomic E-state index is 5.65. The summed E-state index contributed by atoms with van der Waals surface area (Å²) in [5.41, 5.74) is 0. The Bertz CT molecular complexity index is 366. The normalized spacial score (nSPS) is 25.9. The Balaban J connectivity index is 1.93. The average molecular weight is 252 g/mol. The van der Waals surface area contributed by atoms with Crippen LogP contribution in [0, 0.1) is 5.92 Å². The smallest absolute Gasteiger partial charge is 0.315 e. The Kier molecular flexibility index (Phi) is 4.58. The molecule has 3 atom stereocenters. The third-order valence-electron chi connectivity index (χ3n) is 3.74. The van der Waals surface area contributed by atoms with Crippen LogP contribution < -0.4 is 10.6 Å². The first-order valence-electron chi connectivity index (χ1n) is 7.04. The van der Waals surface area contributed by atoms with Gasteiger partial charge in [-0.1, -0.05) is 31.8 Å². The molecule has 2 rings (SSSR count). The van der Waals surface area contributed by atoms with Crippen molar-refractivity contribution in [3.63, 3.8) is 0 Å². The minimum absolute atomic E-state index is 0.113. The minimum atomic E-state index is 0.113. The zero-order chi connectivity index (χ0) is 13.0. The molecule has 1 heterocycles. The van der Waals surface area contributed by atoms with Crippen molar-refractivity contribution in [2.75, 3.05) is 11.9 Å². The predicted octanol–water partition coefficient (Wildman–Crippen LogP) is 2.73. The highest BCUT2D eigenvalue weighted by Gasteiger charge is 2.23. The van der Waals surface area contributed by atoms with Gasteiger partial charge in [-0.25, -0.2) is 0 Å². The molecule has 3 unspecified atom stereocenters. The lowest BCUT2D eigenvalue weighted by molar-refractivity contribution is 0.340. The van der Waals surface area contributed by atoms with Gasteiger partial charge in [-0.3, -0.25) is 0 Å². The second-order valence-electron chi connectivity index (χ2n) is 5.24. The van der Waals surface area contributed by atoms with Crippen LogP contribution in [0.4, 0.5) is 6.01 Å². The van der Waals surface area contributed by atoms with Gasteiger partial charge in [0.25, 0.3) is 0 Å². The first-order valence-corrected chi connectivity index (χ1v) is 7.04. The van der Waals surface area contributed by atoms with Crippen LogP contribution >= 0.6 is 0 Å². The molecule has 0 bridgehead atoms. The number of hydrogen-bond donors (Lipinski definition) is 2. The monoisotopic (exact) mass is 252 g/mol. The molecular formula is C13H24N4O. The molecule has 1 aliphatic rings. The number of nitrogens with one attached hydrogen (secondary N) is 2. The van der Waals surface area contributed by atoms with Crippen molar-refractivity contribution in [2.24, 2.45) is 5.92 Å². The maximum atomic E-state index is 5.65. The molecule has 1 aliphatic carbocycles. The Morgan fingerprint density at radius 2 is 2.11 bits per heavy atom. The summed E-state index contributed by atoms with van der Waals surface area (Å²) in [4.78, 5) is 0. The van der Waals surface area contributed by atoms with Crippen LogP contribution in [-0.2, 0) is 0 Å². The van der Waals surface area contributed by atoms with Crippen LogP contribution in [0.25, 0.3) is 0 Å². The van der Waals surface area contributed by atoms with E-state index in [0.717, 1.165) is 6.54 Å². The quantitative estimate of drug-likeness (QED) is 0.843. The molecule has 102 valence electrons.